The molecule has 0 fully saturated rings. The van der Waals surface area contributed by atoms with Crippen molar-refractivity contribution in [2.24, 2.45) is 0 Å². The van der Waals surface area contributed by atoms with Crippen LogP contribution in [0.5, 0.6) is 11.5 Å². The molecule has 0 radical (unpaired) electrons. The number of ether oxygens (including phenoxy) is 4. The van der Waals surface area contributed by atoms with Gasteiger partial charge in [0.25, 0.3) is 5.91 Å². The molecule has 8 heteroatoms. The van der Waals surface area contributed by atoms with Gasteiger partial charge in [-0.05, 0) is 55.5 Å². The maximum Gasteiger partial charge on any atom is 0.261 e. The normalized spacial score (nSPS) is 10.3. The third-order valence-electron chi connectivity index (χ3n) is 3.72. The molecule has 0 aliphatic heterocycles. The fourth-order valence-corrected chi connectivity index (χ4v) is 2.56. The highest BCUT2D eigenvalue weighted by atomic mass is 32.1. The molecule has 7 nitrogen and oxygen atoms in total. The lowest BCUT2D eigenvalue weighted by molar-refractivity contribution is 0.0958. The van der Waals surface area contributed by atoms with Gasteiger partial charge in [-0.3, -0.25) is 10.1 Å². The van der Waals surface area contributed by atoms with Crippen LogP contribution in [0.25, 0.3) is 0 Å². The predicted octanol–water partition coefficient (Wildman–Crippen LogP) is 3.25. The molecule has 2 aromatic rings. The fraction of sp³-hybridized carbons (Fsp3) is 0.333. The second kappa shape index (κ2) is 12.7. The Bertz CT molecular complexity index is 783. The second-order valence-electron chi connectivity index (χ2n) is 5.82. The van der Waals surface area contributed by atoms with Crippen molar-refractivity contribution in [2.75, 3.05) is 45.5 Å². The first-order valence-electron chi connectivity index (χ1n) is 9.27. The second-order valence-corrected chi connectivity index (χ2v) is 6.22. The quantitative estimate of drug-likeness (QED) is 0.428. The first kappa shape index (κ1) is 22.6. The van der Waals surface area contributed by atoms with Crippen molar-refractivity contribution in [3.63, 3.8) is 0 Å². The van der Waals surface area contributed by atoms with Gasteiger partial charge in [-0.2, -0.15) is 0 Å². The predicted molar refractivity (Wildman–Crippen MR) is 116 cm³/mol. The average Bonchev–Trinajstić information content (AvgIpc) is 2.73. The maximum atomic E-state index is 12.6. The highest BCUT2D eigenvalue weighted by Gasteiger charge is 2.13. The first-order chi connectivity index (χ1) is 14.1. The van der Waals surface area contributed by atoms with Crippen LogP contribution < -0.4 is 20.1 Å². The summed E-state index contributed by atoms with van der Waals surface area (Å²) in [6.07, 6.45) is 0. The van der Waals surface area contributed by atoms with E-state index < -0.39 is 0 Å². The van der Waals surface area contributed by atoms with Crippen molar-refractivity contribution in [3.05, 3.63) is 54.1 Å². The van der Waals surface area contributed by atoms with Crippen LogP contribution in [0.1, 0.15) is 17.3 Å². The number of carbonyl (C=O) groups is 1. The highest BCUT2D eigenvalue weighted by Crippen LogP contribution is 2.18. The van der Waals surface area contributed by atoms with Crippen molar-refractivity contribution in [1.29, 1.82) is 0 Å². The Balaban J connectivity index is 1.88. The topological polar surface area (TPSA) is 78.1 Å². The van der Waals surface area contributed by atoms with E-state index in [1.54, 1.807) is 31.4 Å². The molecule has 2 rings (SSSR count). The molecule has 2 aromatic carbocycles. The van der Waals surface area contributed by atoms with Gasteiger partial charge < -0.3 is 24.3 Å². The molecule has 0 aliphatic rings. The fourth-order valence-electron chi connectivity index (χ4n) is 2.35. The lowest BCUT2D eigenvalue weighted by Crippen LogP contribution is -2.34. The summed E-state index contributed by atoms with van der Waals surface area (Å²) in [6.45, 7) is 4.34. The van der Waals surface area contributed by atoms with E-state index in [0.717, 1.165) is 11.4 Å². The number of anilines is 1. The van der Waals surface area contributed by atoms with Crippen LogP contribution in [0.2, 0.25) is 0 Å². The molecule has 2 N–H and O–H groups in total. The van der Waals surface area contributed by atoms with Gasteiger partial charge in [0.1, 0.15) is 24.7 Å². The van der Waals surface area contributed by atoms with Crippen LogP contribution in [-0.2, 0) is 9.47 Å². The SMILES string of the molecule is CCOCCOc1ccccc1C(=O)NC(=S)Nc1ccc(OCCOC)cc1. The zero-order valence-electron chi connectivity index (χ0n) is 16.6. The number of hydrogen-bond acceptors (Lipinski definition) is 6. The number of rotatable bonds is 11. The number of carbonyl (C=O) groups excluding carboxylic acids is 1. The molecule has 0 aliphatic carbocycles. The number of benzene rings is 2. The summed E-state index contributed by atoms with van der Waals surface area (Å²) in [5, 5.41) is 5.83. The van der Waals surface area contributed by atoms with Gasteiger partial charge in [0, 0.05) is 19.4 Å². The van der Waals surface area contributed by atoms with Gasteiger partial charge in [-0.25, -0.2) is 0 Å². The lowest BCUT2D eigenvalue weighted by atomic mass is 10.2. The third kappa shape index (κ3) is 8.06. The van der Waals surface area contributed by atoms with Crippen LogP contribution in [0.15, 0.2) is 48.5 Å². The lowest BCUT2D eigenvalue weighted by Gasteiger charge is -2.13. The summed E-state index contributed by atoms with van der Waals surface area (Å²) in [5.74, 6) is 0.847. The smallest absolute Gasteiger partial charge is 0.261 e. The summed E-state index contributed by atoms with van der Waals surface area (Å²) in [6, 6.07) is 14.2. The molecule has 29 heavy (non-hydrogen) atoms. The van der Waals surface area contributed by atoms with Crippen LogP contribution in [0, 0.1) is 0 Å². The van der Waals surface area contributed by atoms with Crippen LogP contribution in [-0.4, -0.2) is 51.2 Å². The van der Waals surface area contributed by atoms with Crippen molar-refractivity contribution in [2.45, 2.75) is 6.92 Å². The number of para-hydroxylation sites is 1. The molecule has 0 spiro atoms. The minimum atomic E-state index is -0.353. The molecule has 0 bridgehead atoms. The van der Waals surface area contributed by atoms with E-state index in [2.05, 4.69) is 10.6 Å². The summed E-state index contributed by atoms with van der Waals surface area (Å²) in [4.78, 5) is 12.6. The van der Waals surface area contributed by atoms with Gasteiger partial charge in [0.2, 0.25) is 0 Å². The van der Waals surface area contributed by atoms with Crippen molar-refractivity contribution in [1.82, 2.24) is 5.32 Å². The van der Waals surface area contributed by atoms with Gasteiger partial charge in [-0.1, -0.05) is 12.1 Å². The van der Waals surface area contributed by atoms with Gasteiger partial charge >= 0.3 is 0 Å². The van der Waals surface area contributed by atoms with Crippen molar-refractivity contribution in [3.8, 4) is 11.5 Å². The molecule has 1 amide bonds. The monoisotopic (exact) mass is 418 g/mol. The van der Waals surface area contributed by atoms with Crippen LogP contribution in [0.4, 0.5) is 5.69 Å². The Hall–Kier alpha value is -2.68. The zero-order chi connectivity index (χ0) is 20.9. The molecular weight excluding hydrogens is 392 g/mol. The number of amides is 1. The van der Waals surface area contributed by atoms with Gasteiger partial charge in [0.05, 0.1) is 18.8 Å². The molecule has 0 saturated heterocycles. The van der Waals surface area contributed by atoms with E-state index >= 15 is 0 Å². The Morgan fingerprint density at radius 2 is 1.69 bits per heavy atom. The Labute approximate surface area is 176 Å². The van der Waals surface area contributed by atoms with Gasteiger partial charge in [-0.15, -0.1) is 0 Å². The van der Waals surface area contributed by atoms with Gasteiger partial charge in [0.15, 0.2) is 5.11 Å². The highest BCUT2D eigenvalue weighted by molar-refractivity contribution is 7.80. The Morgan fingerprint density at radius 3 is 2.41 bits per heavy atom. The number of hydrogen-bond donors (Lipinski definition) is 2. The number of nitrogens with one attached hydrogen (secondary N) is 2. The summed E-state index contributed by atoms with van der Waals surface area (Å²) >= 11 is 5.24. The number of methoxy groups -OCH3 is 1. The Morgan fingerprint density at radius 1 is 0.966 bits per heavy atom. The summed E-state index contributed by atoms with van der Waals surface area (Å²) in [5.41, 5.74) is 1.13. The molecule has 0 aromatic heterocycles. The van der Waals surface area contributed by atoms with E-state index in [-0.39, 0.29) is 11.0 Å². The van der Waals surface area contributed by atoms with E-state index in [0.29, 0.717) is 44.3 Å². The van der Waals surface area contributed by atoms with E-state index in [1.807, 2.05) is 31.2 Å². The number of thiocarbonyl (C=S) groups is 1. The summed E-state index contributed by atoms with van der Waals surface area (Å²) < 4.78 is 21.3. The van der Waals surface area contributed by atoms with E-state index in [1.165, 1.54) is 0 Å². The molecule has 156 valence electrons. The largest absolute Gasteiger partial charge is 0.491 e. The van der Waals surface area contributed by atoms with Crippen molar-refractivity contribution < 1.29 is 23.7 Å². The molecule has 0 heterocycles. The van der Waals surface area contributed by atoms with Crippen LogP contribution in [0.3, 0.4) is 0 Å². The molecule has 0 unspecified atom stereocenters. The first-order valence-corrected chi connectivity index (χ1v) is 9.68. The molecule has 0 saturated carbocycles. The Kier molecular flexibility index (Phi) is 9.91. The minimum absolute atomic E-state index is 0.187. The minimum Gasteiger partial charge on any atom is -0.491 e. The molecular formula is C21H26N2O5S. The zero-order valence-corrected chi connectivity index (χ0v) is 17.4. The maximum absolute atomic E-state index is 12.6. The summed E-state index contributed by atoms with van der Waals surface area (Å²) in [7, 11) is 1.62. The average molecular weight is 419 g/mol. The van der Waals surface area contributed by atoms with E-state index in [4.69, 9.17) is 31.2 Å². The van der Waals surface area contributed by atoms with Crippen molar-refractivity contribution >= 4 is 28.9 Å². The third-order valence-corrected chi connectivity index (χ3v) is 3.92. The standard InChI is InChI=1S/C21H26N2O5S/c1-3-26-13-15-28-19-7-5-4-6-18(19)20(24)23-21(29)22-16-8-10-17(11-9-16)27-14-12-25-2/h4-11H,3,12-15H2,1-2H3,(H2,22,23,24,29). The van der Waals surface area contributed by atoms with E-state index in [9.17, 15) is 4.79 Å². The van der Waals surface area contributed by atoms with Crippen LogP contribution >= 0.6 is 12.2 Å². The molecule has 0 atom stereocenters.